The average Bonchev–Trinajstić information content (AvgIpc) is 2.56. The lowest BCUT2D eigenvalue weighted by Gasteiger charge is -2.13. The van der Waals surface area contributed by atoms with Crippen LogP contribution in [0.2, 0.25) is 0 Å². The molecule has 0 spiro atoms. The quantitative estimate of drug-likeness (QED) is 0.798. The highest BCUT2D eigenvalue weighted by Gasteiger charge is 2.14. The van der Waals surface area contributed by atoms with Crippen LogP contribution in [0.1, 0.15) is 17.2 Å². The Bertz CT molecular complexity index is 635. The highest BCUT2D eigenvalue weighted by atomic mass is 16.5. The van der Waals surface area contributed by atoms with Gasteiger partial charge >= 0.3 is 0 Å². The molecule has 1 unspecified atom stereocenters. The van der Waals surface area contributed by atoms with E-state index in [9.17, 15) is 5.11 Å². The topological polar surface area (TPSA) is 43.0 Å². The Kier molecular flexibility index (Phi) is 5.81. The summed E-state index contributed by atoms with van der Waals surface area (Å²) < 4.78 is 11.1. The summed E-state index contributed by atoms with van der Waals surface area (Å²) in [6.45, 7) is 7.39. The van der Waals surface area contributed by atoms with E-state index < -0.39 is 6.10 Å². The molecule has 22 heavy (non-hydrogen) atoms. The molecular weight excluding hydrogens is 278 g/mol. The number of aliphatic hydroxyl groups excluding tert-OH is 1. The Morgan fingerprint density at radius 3 is 2.59 bits per heavy atom. The Morgan fingerprint density at radius 2 is 1.91 bits per heavy atom. The molecule has 4 heteroatoms. The van der Waals surface area contributed by atoms with E-state index in [0.717, 1.165) is 6.42 Å². The number of ether oxygens (including phenoxy) is 2. The van der Waals surface area contributed by atoms with Crippen molar-refractivity contribution in [2.75, 3.05) is 20.3 Å². The first-order valence-corrected chi connectivity index (χ1v) is 7.10. The van der Waals surface area contributed by atoms with Crippen LogP contribution in [0.25, 0.3) is 4.85 Å². The third-order valence-corrected chi connectivity index (χ3v) is 3.33. The summed E-state index contributed by atoms with van der Waals surface area (Å²) in [6, 6.07) is 15.4. The number of hydrogen-bond donors (Lipinski definition) is 1. The molecule has 0 radical (unpaired) electrons. The number of nitrogens with zero attached hydrogens (tertiary/aromatic N) is 1. The molecule has 2 aromatic carbocycles. The van der Waals surface area contributed by atoms with E-state index in [4.69, 9.17) is 16.0 Å². The van der Waals surface area contributed by atoms with E-state index in [-0.39, 0.29) is 6.54 Å². The molecule has 0 saturated heterocycles. The van der Waals surface area contributed by atoms with Crippen molar-refractivity contribution in [1.29, 1.82) is 0 Å². The summed E-state index contributed by atoms with van der Waals surface area (Å²) in [6.07, 6.45) is 0.0105. The minimum Gasteiger partial charge on any atom is -0.493 e. The van der Waals surface area contributed by atoms with Crippen molar-refractivity contribution in [2.45, 2.75) is 12.5 Å². The predicted molar refractivity (Wildman–Crippen MR) is 85.1 cm³/mol. The van der Waals surface area contributed by atoms with Gasteiger partial charge in [0.1, 0.15) is 0 Å². The van der Waals surface area contributed by atoms with Crippen molar-refractivity contribution in [1.82, 2.24) is 0 Å². The van der Waals surface area contributed by atoms with E-state index in [1.165, 1.54) is 5.56 Å². The minimum absolute atomic E-state index is 0.0391. The van der Waals surface area contributed by atoms with Crippen molar-refractivity contribution in [3.8, 4) is 11.5 Å². The fraction of sp³-hybridized carbons (Fsp3) is 0.278. The minimum atomic E-state index is -0.801. The maximum absolute atomic E-state index is 9.85. The van der Waals surface area contributed by atoms with Gasteiger partial charge in [0.05, 0.1) is 13.7 Å². The van der Waals surface area contributed by atoms with Gasteiger partial charge < -0.3 is 19.4 Å². The first-order valence-electron chi connectivity index (χ1n) is 7.10. The zero-order valence-electron chi connectivity index (χ0n) is 12.5. The molecule has 0 aromatic heterocycles. The lowest BCUT2D eigenvalue weighted by atomic mass is 10.1. The fourth-order valence-electron chi connectivity index (χ4n) is 2.13. The van der Waals surface area contributed by atoms with Crippen LogP contribution in [-0.2, 0) is 6.42 Å². The van der Waals surface area contributed by atoms with Gasteiger partial charge in [0, 0.05) is 6.42 Å². The monoisotopic (exact) mass is 297 g/mol. The van der Waals surface area contributed by atoms with Gasteiger partial charge in [0.25, 0.3) is 0 Å². The van der Waals surface area contributed by atoms with Crippen LogP contribution in [0, 0.1) is 6.57 Å². The van der Waals surface area contributed by atoms with Crippen LogP contribution in [0.3, 0.4) is 0 Å². The highest BCUT2D eigenvalue weighted by molar-refractivity contribution is 5.43. The lowest BCUT2D eigenvalue weighted by Crippen LogP contribution is -2.04. The second-order valence-electron chi connectivity index (χ2n) is 4.85. The van der Waals surface area contributed by atoms with Crippen molar-refractivity contribution in [3.63, 3.8) is 0 Å². The van der Waals surface area contributed by atoms with E-state index in [2.05, 4.69) is 17.0 Å². The zero-order chi connectivity index (χ0) is 15.8. The maximum Gasteiger partial charge on any atom is 0.244 e. The molecule has 0 saturated carbocycles. The van der Waals surface area contributed by atoms with E-state index in [0.29, 0.717) is 23.7 Å². The molecule has 0 amide bonds. The van der Waals surface area contributed by atoms with Gasteiger partial charge in [0.2, 0.25) is 6.54 Å². The van der Waals surface area contributed by atoms with Gasteiger partial charge in [-0.25, -0.2) is 6.57 Å². The van der Waals surface area contributed by atoms with Gasteiger partial charge in [-0.2, -0.15) is 0 Å². The number of aliphatic hydroxyl groups is 1. The number of hydrogen-bond acceptors (Lipinski definition) is 3. The molecule has 0 heterocycles. The third-order valence-electron chi connectivity index (χ3n) is 3.33. The summed E-state index contributed by atoms with van der Waals surface area (Å²) in [5.41, 5.74) is 1.87. The van der Waals surface area contributed by atoms with E-state index in [1.54, 1.807) is 25.3 Å². The van der Waals surface area contributed by atoms with Crippen LogP contribution in [0.4, 0.5) is 0 Å². The van der Waals surface area contributed by atoms with E-state index in [1.807, 2.05) is 18.2 Å². The van der Waals surface area contributed by atoms with Gasteiger partial charge in [0.15, 0.2) is 17.6 Å². The molecule has 0 aliphatic carbocycles. The van der Waals surface area contributed by atoms with Crippen LogP contribution in [0.5, 0.6) is 11.5 Å². The first-order chi connectivity index (χ1) is 10.7. The second kappa shape index (κ2) is 8.06. The smallest absolute Gasteiger partial charge is 0.244 e. The number of rotatable bonds is 7. The molecule has 0 fully saturated rings. The zero-order valence-corrected chi connectivity index (χ0v) is 12.5. The fourth-order valence-corrected chi connectivity index (χ4v) is 2.13. The van der Waals surface area contributed by atoms with E-state index >= 15 is 0 Å². The summed E-state index contributed by atoms with van der Waals surface area (Å²) in [5, 5.41) is 9.85. The van der Waals surface area contributed by atoms with Gasteiger partial charge in [-0.3, -0.25) is 0 Å². The van der Waals surface area contributed by atoms with Crippen LogP contribution in [0.15, 0.2) is 48.5 Å². The largest absolute Gasteiger partial charge is 0.493 e. The Hall–Kier alpha value is -2.51. The van der Waals surface area contributed by atoms with Crippen molar-refractivity contribution in [3.05, 3.63) is 71.1 Å². The normalized spacial score (nSPS) is 11.5. The highest BCUT2D eigenvalue weighted by Crippen LogP contribution is 2.30. The van der Waals surface area contributed by atoms with Crippen molar-refractivity contribution < 1.29 is 14.6 Å². The SMILES string of the molecule is [C-]#[N+]CC(O)c1ccc(OCCc2ccccc2)c(OC)c1. The summed E-state index contributed by atoms with van der Waals surface area (Å²) >= 11 is 0. The Balaban J connectivity index is 2.00. The molecule has 2 aromatic rings. The number of methoxy groups -OCH3 is 1. The molecular formula is C18H19NO3. The standard InChI is InChI=1S/C18H19NO3/c1-19-13-16(20)15-8-9-17(18(12-15)21-2)22-11-10-14-6-4-3-5-7-14/h3-9,12,16,20H,10-11,13H2,2H3. The van der Waals surface area contributed by atoms with Gasteiger partial charge in [-0.05, 0) is 23.3 Å². The molecule has 1 atom stereocenters. The predicted octanol–water partition coefficient (Wildman–Crippen LogP) is 3.27. The lowest BCUT2D eigenvalue weighted by molar-refractivity contribution is 0.194. The molecule has 0 aliphatic heterocycles. The van der Waals surface area contributed by atoms with Crippen LogP contribution < -0.4 is 9.47 Å². The molecule has 2 rings (SSSR count). The molecule has 4 nitrogen and oxygen atoms in total. The van der Waals surface area contributed by atoms with Crippen LogP contribution in [-0.4, -0.2) is 25.4 Å². The summed E-state index contributed by atoms with van der Waals surface area (Å²) in [7, 11) is 1.56. The number of benzene rings is 2. The Labute approximate surface area is 130 Å². The third kappa shape index (κ3) is 4.24. The molecule has 0 bridgehead atoms. The van der Waals surface area contributed by atoms with Crippen molar-refractivity contribution >= 4 is 0 Å². The molecule has 1 N–H and O–H groups in total. The average molecular weight is 297 g/mol. The van der Waals surface area contributed by atoms with Crippen LogP contribution >= 0.6 is 0 Å². The van der Waals surface area contributed by atoms with Crippen molar-refractivity contribution in [2.24, 2.45) is 0 Å². The first kappa shape index (κ1) is 15.9. The molecule has 0 aliphatic rings. The Morgan fingerprint density at radius 1 is 1.14 bits per heavy atom. The molecule has 114 valence electrons. The maximum atomic E-state index is 9.85. The summed E-state index contributed by atoms with van der Waals surface area (Å²) in [5.74, 6) is 1.20. The van der Waals surface area contributed by atoms with Gasteiger partial charge in [-0.15, -0.1) is 0 Å². The summed E-state index contributed by atoms with van der Waals surface area (Å²) in [4.78, 5) is 3.20. The van der Waals surface area contributed by atoms with Gasteiger partial charge in [-0.1, -0.05) is 36.4 Å². The second-order valence-corrected chi connectivity index (χ2v) is 4.85.